The number of hydrogen-bond acceptors (Lipinski definition) is 4. The SMILES string of the molecule is CNCCCNC.Cc1cc(C=O)c(Cl)s1. The van der Waals surface area contributed by atoms with E-state index >= 15 is 0 Å². The summed E-state index contributed by atoms with van der Waals surface area (Å²) in [6, 6.07) is 1.78. The van der Waals surface area contributed by atoms with Gasteiger partial charge in [0, 0.05) is 10.4 Å². The van der Waals surface area contributed by atoms with Gasteiger partial charge >= 0.3 is 0 Å². The Hall–Kier alpha value is -0.420. The molecule has 5 heteroatoms. The lowest BCUT2D eigenvalue weighted by Gasteiger charge is -1.95. The van der Waals surface area contributed by atoms with Gasteiger partial charge < -0.3 is 10.6 Å². The van der Waals surface area contributed by atoms with E-state index in [1.54, 1.807) is 6.07 Å². The molecule has 0 saturated carbocycles. The predicted octanol–water partition coefficient (Wildman–Crippen LogP) is 2.34. The topological polar surface area (TPSA) is 41.1 Å². The second kappa shape index (κ2) is 9.78. The third-order valence-electron chi connectivity index (χ3n) is 1.82. The van der Waals surface area contributed by atoms with Crippen LogP contribution in [-0.4, -0.2) is 33.5 Å². The quantitative estimate of drug-likeness (QED) is 0.632. The maximum Gasteiger partial charge on any atom is 0.152 e. The van der Waals surface area contributed by atoms with Crippen LogP contribution in [0.4, 0.5) is 0 Å². The summed E-state index contributed by atoms with van der Waals surface area (Å²) >= 11 is 7.06. The van der Waals surface area contributed by atoms with Gasteiger partial charge in [-0.15, -0.1) is 11.3 Å². The summed E-state index contributed by atoms with van der Waals surface area (Å²) in [7, 11) is 3.94. The number of nitrogens with one attached hydrogen (secondary N) is 2. The van der Waals surface area contributed by atoms with Crippen LogP contribution in [0.1, 0.15) is 21.7 Å². The highest BCUT2D eigenvalue weighted by Gasteiger charge is 2.00. The van der Waals surface area contributed by atoms with Crippen LogP contribution < -0.4 is 10.6 Å². The summed E-state index contributed by atoms with van der Waals surface area (Å²) in [4.78, 5) is 11.2. The number of halogens is 1. The Balaban J connectivity index is 0.000000293. The number of aldehydes is 1. The molecule has 0 aromatic carbocycles. The Morgan fingerprint density at radius 2 is 1.94 bits per heavy atom. The monoisotopic (exact) mass is 262 g/mol. The van der Waals surface area contributed by atoms with Gasteiger partial charge in [0.15, 0.2) is 6.29 Å². The Kier molecular flexibility index (Phi) is 9.52. The molecule has 0 aliphatic heterocycles. The van der Waals surface area contributed by atoms with Crippen molar-refractivity contribution in [3.8, 4) is 0 Å². The third kappa shape index (κ3) is 6.95. The van der Waals surface area contributed by atoms with Crippen molar-refractivity contribution in [2.45, 2.75) is 13.3 Å². The van der Waals surface area contributed by atoms with Gasteiger partial charge in [0.05, 0.1) is 0 Å². The molecule has 3 nitrogen and oxygen atoms in total. The highest BCUT2D eigenvalue weighted by Crippen LogP contribution is 2.24. The van der Waals surface area contributed by atoms with E-state index in [0.29, 0.717) is 9.90 Å². The van der Waals surface area contributed by atoms with Gasteiger partial charge in [-0.1, -0.05) is 11.6 Å². The maximum absolute atomic E-state index is 10.2. The molecular formula is C11H19ClN2OS. The zero-order valence-electron chi connectivity index (χ0n) is 9.97. The molecule has 0 aliphatic carbocycles. The van der Waals surface area contributed by atoms with E-state index in [-0.39, 0.29) is 0 Å². The average Bonchev–Trinajstić information content (AvgIpc) is 2.59. The van der Waals surface area contributed by atoms with Crippen molar-refractivity contribution in [2.24, 2.45) is 0 Å². The lowest BCUT2D eigenvalue weighted by Crippen LogP contribution is -2.15. The molecule has 0 atom stereocenters. The lowest BCUT2D eigenvalue weighted by molar-refractivity contribution is 0.112. The van der Waals surface area contributed by atoms with E-state index in [0.717, 1.165) is 24.3 Å². The molecule has 0 fully saturated rings. The molecule has 0 saturated heterocycles. The van der Waals surface area contributed by atoms with Crippen LogP contribution in [0.5, 0.6) is 0 Å². The Bertz CT molecular complexity index is 298. The molecule has 1 heterocycles. The number of carbonyl (C=O) groups excluding carboxylic acids is 1. The van der Waals surface area contributed by atoms with Crippen LogP contribution in [0, 0.1) is 6.92 Å². The molecule has 1 rings (SSSR count). The molecule has 1 aromatic rings. The minimum atomic E-state index is 0.586. The van der Waals surface area contributed by atoms with Crippen molar-refractivity contribution in [3.05, 3.63) is 20.8 Å². The number of rotatable bonds is 5. The minimum absolute atomic E-state index is 0.586. The molecule has 0 bridgehead atoms. The van der Waals surface area contributed by atoms with Gasteiger partial charge in [-0.25, -0.2) is 0 Å². The van der Waals surface area contributed by atoms with Gasteiger partial charge in [0.1, 0.15) is 4.34 Å². The van der Waals surface area contributed by atoms with Crippen LogP contribution in [0.15, 0.2) is 6.07 Å². The minimum Gasteiger partial charge on any atom is -0.320 e. The number of thiophene rings is 1. The van der Waals surface area contributed by atoms with Crippen molar-refractivity contribution in [3.63, 3.8) is 0 Å². The average molecular weight is 263 g/mol. The molecule has 0 spiro atoms. The third-order valence-corrected chi connectivity index (χ3v) is 3.12. The summed E-state index contributed by atoms with van der Waals surface area (Å²) in [5.74, 6) is 0. The van der Waals surface area contributed by atoms with E-state index in [1.165, 1.54) is 17.8 Å². The molecule has 0 amide bonds. The first kappa shape index (κ1) is 15.6. The molecule has 0 radical (unpaired) electrons. The first-order valence-corrected chi connectivity index (χ1v) is 6.35. The molecule has 16 heavy (non-hydrogen) atoms. The standard InChI is InChI=1S/C6H5ClOS.C5H14N2/c1-4-2-5(3-8)6(7)9-4;1-6-4-3-5-7-2/h2-3H,1H3;6-7H,3-5H2,1-2H3. The fourth-order valence-corrected chi connectivity index (χ4v) is 2.19. The molecular weight excluding hydrogens is 244 g/mol. The van der Waals surface area contributed by atoms with Crippen molar-refractivity contribution in [1.29, 1.82) is 0 Å². The largest absolute Gasteiger partial charge is 0.320 e. The smallest absolute Gasteiger partial charge is 0.152 e. The fourth-order valence-electron chi connectivity index (χ4n) is 1.03. The number of hydrogen-bond donors (Lipinski definition) is 2. The second-order valence-electron chi connectivity index (χ2n) is 3.26. The first-order chi connectivity index (χ1) is 7.65. The first-order valence-electron chi connectivity index (χ1n) is 5.16. The highest BCUT2D eigenvalue weighted by atomic mass is 35.5. The predicted molar refractivity (Wildman–Crippen MR) is 71.9 cm³/mol. The van der Waals surface area contributed by atoms with E-state index in [2.05, 4.69) is 10.6 Å². The van der Waals surface area contributed by atoms with Crippen LogP contribution >= 0.6 is 22.9 Å². The number of aryl methyl sites for hydroxylation is 1. The van der Waals surface area contributed by atoms with Crippen molar-refractivity contribution < 1.29 is 4.79 Å². The zero-order chi connectivity index (χ0) is 12.4. The van der Waals surface area contributed by atoms with Gasteiger partial charge in [-0.3, -0.25) is 4.79 Å². The highest BCUT2D eigenvalue weighted by molar-refractivity contribution is 7.16. The Morgan fingerprint density at radius 1 is 1.38 bits per heavy atom. The van der Waals surface area contributed by atoms with Crippen LogP contribution in [0.25, 0.3) is 0 Å². The van der Waals surface area contributed by atoms with E-state index in [9.17, 15) is 4.79 Å². The molecule has 0 aliphatic rings. The summed E-state index contributed by atoms with van der Waals surface area (Å²) < 4.78 is 0.586. The van der Waals surface area contributed by atoms with Crippen LogP contribution in [0.2, 0.25) is 4.34 Å². The molecule has 2 N–H and O–H groups in total. The van der Waals surface area contributed by atoms with E-state index < -0.39 is 0 Å². The summed E-state index contributed by atoms with van der Waals surface area (Å²) in [6.45, 7) is 4.14. The molecule has 0 unspecified atom stereocenters. The Labute approximate surface area is 106 Å². The van der Waals surface area contributed by atoms with Gasteiger partial charge in [0.2, 0.25) is 0 Å². The normalized spacial score (nSPS) is 9.50. The van der Waals surface area contributed by atoms with Gasteiger partial charge in [-0.2, -0.15) is 0 Å². The van der Waals surface area contributed by atoms with Gasteiger partial charge in [0.25, 0.3) is 0 Å². The van der Waals surface area contributed by atoms with Crippen LogP contribution in [-0.2, 0) is 0 Å². The van der Waals surface area contributed by atoms with Crippen molar-refractivity contribution in [1.82, 2.24) is 10.6 Å². The van der Waals surface area contributed by atoms with Crippen LogP contribution in [0.3, 0.4) is 0 Å². The summed E-state index contributed by atoms with van der Waals surface area (Å²) in [5, 5.41) is 6.12. The Morgan fingerprint density at radius 3 is 2.19 bits per heavy atom. The molecule has 92 valence electrons. The summed E-state index contributed by atoms with van der Waals surface area (Å²) in [6.07, 6.45) is 1.98. The lowest BCUT2D eigenvalue weighted by atomic mass is 10.3. The van der Waals surface area contributed by atoms with E-state index in [1.807, 2.05) is 21.0 Å². The zero-order valence-corrected chi connectivity index (χ0v) is 11.5. The molecule has 1 aromatic heterocycles. The maximum atomic E-state index is 10.2. The van der Waals surface area contributed by atoms with Crippen molar-refractivity contribution in [2.75, 3.05) is 27.2 Å². The number of carbonyl (C=O) groups is 1. The second-order valence-corrected chi connectivity index (χ2v) is 5.12. The fraction of sp³-hybridized carbons (Fsp3) is 0.545. The summed E-state index contributed by atoms with van der Waals surface area (Å²) in [5.41, 5.74) is 0.596. The van der Waals surface area contributed by atoms with E-state index in [4.69, 9.17) is 11.6 Å². The van der Waals surface area contributed by atoms with Gasteiger partial charge in [-0.05, 0) is 46.6 Å². The van der Waals surface area contributed by atoms with Crippen molar-refractivity contribution >= 4 is 29.2 Å².